The number of pyridine rings is 1. The van der Waals surface area contributed by atoms with Crippen LogP contribution < -0.4 is 0 Å². The van der Waals surface area contributed by atoms with Gasteiger partial charge in [-0.25, -0.2) is 9.78 Å². The summed E-state index contributed by atoms with van der Waals surface area (Å²) in [5.41, 5.74) is 1.14. The van der Waals surface area contributed by atoms with E-state index in [0.29, 0.717) is 22.7 Å². The predicted molar refractivity (Wildman–Crippen MR) is 77.5 cm³/mol. The zero-order valence-corrected chi connectivity index (χ0v) is 11.4. The van der Waals surface area contributed by atoms with Gasteiger partial charge < -0.3 is 4.74 Å². The SMILES string of the molecule is O=C(OCCC#Cc1ccccn1)c1cccc(Cl)c1. The van der Waals surface area contributed by atoms with Gasteiger partial charge >= 0.3 is 5.97 Å². The summed E-state index contributed by atoms with van der Waals surface area (Å²) in [6, 6.07) is 12.2. The minimum atomic E-state index is -0.396. The van der Waals surface area contributed by atoms with E-state index in [1.54, 1.807) is 30.5 Å². The van der Waals surface area contributed by atoms with Crippen LogP contribution in [0, 0.1) is 11.8 Å². The first-order valence-electron chi connectivity index (χ1n) is 6.08. The van der Waals surface area contributed by atoms with Crippen LogP contribution in [0.4, 0.5) is 0 Å². The fourth-order valence-corrected chi connectivity index (χ4v) is 1.67. The lowest BCUT2D eigenvalue weighted by atomic mass is 10.2. The molecule has 0 radical (unpaired) electrons. The van der Waals surface area contributed by atoms with Crippen molar-refractivity contribution < 1.29 is 9.53 Å². The Morgan fingerprint density at radius 2 is 2.15 bits per heavy atom. The molecule has 0 aliphatic heterocycles. The van der Waals surface area contributed by atoms with Gasteiger partial charge in [0.2, 0.25) is 0 Å². The summed E-state index contributed by atoms with van der Waals surface area (Å²) in [7, 11) is 0. The number of hydrogen-bond acceptors (Lipinski definition) is 3. The molecule has 1 aromatic heterocycles. The van der Waals surface area contributed by atoms with E-state index in [0.717, 1.165) is 0 Å². The summed E-state index contributed by atoms with van der Waals surface area (Å²) in [5.74, 6) is 5.40. The number of carbonyl (C=O) groups is 1. The van der Waals surface area contributed by atoms with Crippen molar-refractivity contribution in [1.29, 1.82) is 0 Å². The van der Waals surface area contributed by atoms with Gasteiger partial charge in [0.05, 0.1) is 5.56 Å². The summed E-state index contributed by atoms with van der Waals surface area (Å²) in [6.45, 7) is 0.241. The Balaban J connectivity index is 1.79. The van der Waals surface area contributed by atoms with E-state index in [4.69, 9.17) is 16.3 Å². The largest absolute Gasteiger partial charge is 0.461 e. The van der Waals surface area contributed by atoms with E-state index in [9.17, 15) is 4.79 Å². The Labute approximate surface area is 122 Å². The molecule has 0 N–H and O–H groups in total. The Morgan fingerprint density at radius 1 is 1.25 bits per heavy atom. The van der Waals surface area contributed by atoms with Crippen molar-refractivity contribution >= 4 is 17.6 Å². The highest BCUT2D eigenvalue weighted by atomic mass is 35.5. The molecule has 0 aliphatic rings. The molecule has 4 heteroatoms. The number of hydrogen-bond donors (Lipinski definition) is 0. The minimum Gasteiger partial charge on any atom is -0.461 e. The molecule has 0 spiro atoms. The maximum absolute atomic E-state index is 11.7. The fraction of sp³-hybridized carbons (Fsp3) is 0.125. The van der Waals surface area contributed by atoms with Crippen molar-refractivity contribution in [2.24, 2.45) is 0 Å². The van der Waals surface area contributed by atoms with Crippen LogP contribution in [0.2, 0.25) is 5.02 Å². The summed E-state index contributed by atoms with van der Waals surface area (Å²) >= 11 is 5.80. The third kappa shape index (κ3) is 4.42. The Kier molecular flexibility index (Phi) is 5.16. The van der Waals surface area contributed by atoms with Gasteiger partial charge in [0.1, 0.15) is 12.3 Å². The molecule has 3 nitrogen and oxygen atoms in total. The van der Waals surface area contributed by atoms with Crippen molar-refractivity contribution in [3.8, 4) is 11.8 Å². The Morgan fingerprint density at radius 3 is 2.90 bits per heavy atom. The van der Waals surface area contributed by atoms with Gasteiger partial charge in [0.15, 0.2) is 0 Å². The zero-order chi connectivity index (χ0) is 14.2. The smallest absolute Gasteiger partial charge is 0.338 e. The first-order valence-corrected chi connectivity index (χ1v) is 6.46. The quantitative estimate of drug-likeness (QED) is 0.493. The standard InChI is InChI=1S/C16H12ClNO2/c17-14-7-5-6-13(12-14)16(19)20-11-4-2-9-15-8-1-3-10-18-15/h1,3,5-8,10,12H,4,11H2. The third-order valence-corrected chi connectivity index (χ3v) is 2.64. The maximum Gasteiger partial charge on any atom is 0.338 e. The highest BCUT2D eigenvalue weighted by Gasteiger charge is 2.06. The molecule has 0 bridgehead atoms. The minimum absolute atomic E-state index is 0.241. The lowest BCUT2D eigenvalue weighted by molar-refractivity contribution is 0.0513. The van der Waals surface area contributed by atoms with Gasteiger partial charge in [-0.3, -0.25) is 0 Å². The van der Waals surface area contributed by atoms with E-state index in [-0.39, 0.29) is 6.61 Å². The van der Waals surface area contributed by atoms with E-state index >= 15 is 0 Å². The molecule has 2 rings (SSSR count). The molecule has 0 fully saturated rings. The van der Waals surface area contributed by atoms with Crippen molar-refractivity contribution in [1.82, 2.24) is 4.98 Å². The molecule has 0 saturated carbocycles. The van der Waals surface area contributed by atoms with E-state index in [1.807, 2.05) is 18.2 Å². The lowest BCUT2D eigenvalue weighted by Crippen LogP contribution is -2.05. The number of esters is 1. The first kappa shape index (κ1) is 14.1. The van der Waals surface area contributed by atoms with E-state index in [2.05, 4.69) is 16.8 Å². The van der Waals surface area contributed by atoms with Gasteiger partial charge in [0.25, 0.3) is 0 Å². The van der Waals surface area contributed by atoms with Crippen LogP contribution in [-0.2, 0) is 4.74 Å². The highest BCUT2D eigenvalue weighted by Crippen LogP contribution is 2.11. The molecule has 0 saturated heterocycles. The Bertz CT molecular complexity index is 644. The van der Waals surface area contributed by atoms with Crippen LogP contribution in [0.3, 0.4) is 0 Å². The normalized spacial score (nSPS) is 9.45. The van der Waals surface area contributed by atoms with E-state index < -0.39 is 5.97 Å². The number of carbonyl (C=O) groups excluding carboxylic acids is 1. The van der Waals surface area contributed by atoms with Crippen LogP contribution >= 0.6 is 11.6 Å². The van der Waals surface area contributed by atoms with Crippen LogP contribution in [-0.4, -0.2) is 17.6 Å². The first-order chi connectivity index (χ1) is 9.75. The molecule has 2 aromatic rings. The molecule has 1 heterocycles. The fourth-order valence-electron chi connectivity index (χ4n) is 1.48. The summed E-state index contributed by atoms with van der Waals surface area (Å²) < 4.78 is 5.10. The van der Waals surface area contributed by atoms with Crippen LogP contribution in [0.5, 0.6) is 0 Å². The van der Waals surface area contributed by atoms with Crippen molar-refractivity contribution in [3.63, 3.8) is 0 Å². The molecule has 0 atom stereocenters. The van der Waals surface area contributed by atoms with Crippen LogP contribution in [0.15, 0.2) is 48.7 Å². The monoisotopic (exact) mass is 285 g/mol. The number of nitrogens with zero attached hydrogens (tertiary/aromatic N) is 1. The topological polar surface area (TPSA) is 39.2 Å². The van der Waals surface area contributed by atoms with Crippen LogP contribution in [0.1, 0.15) is 22.5 Å². The third-order valence-electron chi connectivity index (χ3n) is 2.40. The second kappa shape index (κ2) is 7.32. The Hall–Kier alpha value is -2.31. The second-order valence-electron chi connectivity index (χ2n) is 3.91. The van der Waals surface area contributed by atoms with Crippen LogP contribution in [0.25, 0.3) is 0 Å². The van der Waals surface area contributed by atoms with Gasteiger partial charge in [-0.2, -0.15) is 0 Å². The molecule has 0 amide bonds. The number of aromatic nitrogens is 1. The average molecular weight is 286 g/mol. The van der Waals surface area contributed by atoms with Gasteiger partial charge in [-0.1, -0.05) is 29.7 Å². The number of halogens is 1. The molecule has 0 unspecified atom stereocenters. The predicted octanol–water partition coefficient (Wildman–Crippen LogP) is 3.33. The van der Waals surface area contributed by atoms with Crippen molar-refractivity contribution in [2.75, 3.05) is 6.61 Å². The summed E-state index contributed by atoms with van der Waals surface area (Å²) in [5, 5.41) is 0.509. The van der Waals surface area contributed by atoms with Crippen molar-refractivity contribution in [3.05, 3.63) is 64.9 Å². The molecule has 20 heavy (non-hydrogen) atoms. The van der Waals surface area contributed by atoms with Crippen molar-refractivity contribution in [2.45, 2.75) is 6.42 Å². The molecule has 0 aliphatic carbocycles. The van der Waals surface area contributed by atoms with E-state index in [1.165, 1.54) is 0 Å². The summed E-state index contributed by atoms with van der Waals surface area (Å²) in [6.07, 6.45) is 2.14. The molecular formula is C16H12ClNO2. The lowest BCUT2D eigenvalue weighted by Gasteiger charge is -2.02. The van der Waals surface area contributed by atoms with Gasteiger partial charge in [-0.15, -0.1) is 0 Å². The molecular weight excluding hydrogens is 274 g/mol. The molecule has 100 valence electrons. The van der Waals surface area contributed by atoms with Gasteiger partial charge in [0, 0.05) is 17.6 Å². The zero-order valence-electron chi connectivity index (χ0n) is 10.7. The van der Waals surface area contributed by atoms with Gasteiger partial charge in [-0.05, 0) is 36.3 Å². The number of ether oxygens (including phenoxy) is 1. The maximum atomic E-state index is 11.7. The number of rotatable bonds is 3. The summed E-state index contributed by atoms with van der Waals surface area (Å²) in [4.78, 5) is 15.8. The highest BCUT2D eigenvalue weighted by molar-refractivity contribution is 6.30. The number of benzene rings is 1. The molecule has 1 aromatic carbocycles. The second-order valence-corrected chi connectivity index (χ2v) is 4.35. The average Bonchev–Trinajstić information content (AvgIpc) is 2.48.